The van der Waals surface area contributed by atoms with Crippen molar-refractivity contribution in [2.24, 2.45) is 5.92 Å². The van der Waals surface area contributed by atoms with E-state index in [1.165, 1.54) is 12.8 Å². The summed E-state index contributed by atoms with van der Waals surface area (Å²) in [6, 6.07) is 9.70. The maximum Gasteiger partial charge on any atom is 0.327 e. The molecule has 0 radical (unpaired) electrons. The van der Waals surface area contributed by atoms with E-state index >= 15 is 0 Å². The molecule has 0 N–H and O–H groups in total. The number of carbonyl (C=O) groups excluding carboxylic acids is 1. The first-order valence-electron chi connectivity index (χ1n) is 7.21. The molecule has 0 bridgehead atoms. The Kier molecular flexibility index (Phi) is 4.97. The third kappa shape index (κ3) is 3.80. The van der Waals surface area contributed by atoms with E-state index in [4.69, 9.17) is 4.74 Å². The summed E-state index contributed by atoms with van der Waals surface area (Å²) in [6.45, 7) is 6.27. The summed E-state index contributed by atoms with van der Waals surface area (Å²) in [5.41, 5.74) is 1.03. The zero-order valence-electron chi connectivity index (χ0n) is 11.8. The Labute approximate surface area is 115 Å². The zero-order valence-corrected chi connectivity index (χ0v) is 11.8. The molecule has 0 amide bonds. The maximum atomic E-state index is 12.3. The van der Waals surface area contributed by atoms with E-state index in [0.717, 1.165) is 24.6 Å². The van der Waals surface area contributed by atoms with Gasteiger partial charge in [-0.1, -0.05) is 37.3 Å². The van der Waals surface area contributed by atoms with Crippen molar-refractivity contribution in [3.8, 4) is 0 Å². The molecule has 1 aromatic rings. The van der Waals surface area contributed by atoms with Crippen molar-refractivity contribution in [1.82, 2.24) is 4.90 Å². The van der Waals surface area contributed by atoms with Crippen LogP contribution in [0.3, 0.4) is 0 Å². The molecule has 0 aliphatic heterocycles. The van der Waals surface area contributed by atoms with Crippen LogP contribution in [0.4, 0.5) is 0 Å². The number of likely N-dealkylation sites (N-methyl/N-ethyl adjacent to an activating group) is 1. The standard InChI is InChI=1S/C16H23NO2/c1-3-17(12-13-10-11-13)15(16(18)19-4-2)14-8-6-5-7-9-14/h5-9,13,15H,3-4,10-12H2,1-2H3. The van der Waals surface area contributed by atoms with Crippen molar-refractivity contribution >= 4 is 5.97 Å². The number of benzene rings is 1. The molecule has 1 saturated carbocycles. The fourth-order valence-electron chi connectivity index (χ4n) is 2.40. The Bertz CT molecular complexity index is 400. The number of esters is 1. The third-order valence-corrected chi connectivity index (χ3v) is 3.59. The van der Waals surface area contributed by atoms with Gasteiger partial charge < -0.3 is 4.74 Å². The smallest absolute Gasteiger partial charge is 0.327 e. The average molecular weight is 261 g/mol. The van der Waals surface area contributed by atoms with Crippen molar-refractivity contribution < 1.29 is 9.53 Å². The SMILES string of the molecule is CCOC(=O)C(c1ccccc1)N(CC)CC1CC1. The van der Waals surface area contributed by atoms with Gasteiger partial charge in [0.15, 0.2) is 0 Å². The summed E-state index contributed by atoms with van der Waals surface area (Å²) in [4.78, 5) is 14.5. The summed E-state index contributed by atoms with van der Waals surface area (Å²) in [7, 11) is 0. The van der Waals surface area contributed by atoms with Gasteiger partial charge in [0.25, 0.3) is 0 Å². The van der Waals surface area contributed by atoms with Crippen LogP contribution in [0.25, 0.3) is 0 Å². The lowest BCUT2D eigenvalue weighted by molar-refractivity contribution is -0.150. The number of nitrogens with zero attached hydrogens (tertiary/aromatic N) is 1. The van der Waals surface area contributed by atoms with Crippen molar-refractivity contribution in [3.63, 3.8) is 0 Å². The van der Waals surface area contributed by atoms with Crippen LogP contribution in [0, 0.1) is 5.92 Å². The lowest BCUT2D eigenvalue weighted by Crippen LogP contribution is -2.36. The van der Waals surface area contributed by atoms with Gasteiger partial charge in [-0.3, -0.25) is 4.90 Å². The third-order valence-electron chi connectivity index (χ3n) is 3.59. The van der Waals surface area contributed by atoms with Gasteiger partial charge in [0.1, 0.15) is 6.04 Å². The zero-order chi connectivity index (χ0) is 13.7. The molecule has 1 aliphatic carbocycles. The van der Waals surface area contributed by atoms with E-state index in [-0.39, 0.29) is 12.0 Å². The fourth-order valence-corrected chi connectivity index (χ4v) is 2.40. The van der Waals surface area contributed by atoms with Crippen molar-refractivity contribution in [2.45, 2.75) is 32.7 Å². The topological polar surface area (TPSA) is 29.5 Å². The van der Waals surface area contributed by atoms with E-state index in [2.05, 4.69) is 11.8 Å². The normalized spacial score (nSPS) is 16.4. The molecular formula is C16H23NO2. The second-order valence-electron chi connectivity index (χ2n) is 5.10. The second-order valence-corrected chi connectivity index (χ2v) is 5.10. The molecule has 19 heavy (non-hydrogen) atoms. The highest BCUT2D eigenvalue weighted by atomic mass is 16.5. The molecule has 3 nitrogen and oxygen atoms in total. The number of ether oxygens (including phenoxy) is 1. The molecule has 1 aromatic carbocycles. The Morgan fingerprint density at radius 3 is 2.53 bits per heavy atom. The number of carbonyl (C=O) groups is 1. The maximum absolute atomic E-state index is 12.3. The number of rotatable bonds is 7. The molecule has 0 spiro atoms. The first-order valence-corrected chi connectivity index (χ1v) is 7.21. The van der Waals surface area contributed by atoms with E-state index in [1.807, 2.05) is 37.3 Å². The molecule has 1 fully saturated rings. The van der Waals surface area contributed by atoms with Crippen LogP contribution in [-0.4, -0.2) is 30.6 Å². The summed E-state index contributed by atoms with van der Waals surface area (Å²) < 4.78 is 5.26. The summed E-state index contributed by atoms with van der Waals surface area (Å²) in [6.07, 6.45) is 2.58. The lowest BCUT2D eigenvalue weighted by atomic mass is 10.0. The first kappa shape index (κ1) is 14.1. The van der Waals surface area contributed by atoms with Crippen molar-refractivity contribution in [2.75, 3.05) is 19.7 Å². The molecule has 3 heteroatoms. The summed E-state index contributed by atoms with van der Waals surface area (Å²) >= 11 is 0. The van der Waals surface area contributed by atoms with E-state index < -0.39 is 0 Å². The molecule has 1 atom stereocenters. The molecule has 1 unspecified atom stereocenters. The van der Waals surface area contributed by atoms with Crippen LogP contribution in [0.5, 0.6) is 0 Å². The quantitative estimate of drug-likeness (QED) is 0.707. The van der Waals surface area contributed by atoms with Gasteiger partial charge in [-0.25, -0.2) is 4.79 Å². The molecule has 0 heterocycles. The largest absolute Gasteiger partial charge is 0.465 e. The monoisotopic (exact) mass is 261 g/mol. The van der Waals surface area contributed by atoms with Gasteiger partial charge in [-0.2, -0.15) is 0 Å². The Balaban J connectivity index is 2.18. The first-order chi connectivity index (χ1) is 9.26. The Morgan fingerprint density at radius 1 is 1.32 bits per heavy atom. The minimum Gasteiger partial charge on any atom is -0.465 e. The fraction of sp³-hybridized carbons (Fsp3) is 0.562. The molecular weight excluding hydrogens is 238 g/mol. The van der Waals surface area contributed by atoms with E-state index in [0.29, 0.717) is 6.61 Å². The van der Waals surface area contributed by atoms with Crippen LogP contribution in [0.1, 0.15) is 38.3 Å². The van der Waals surface area contributed by atoms with Gasteiger partial charge in [0.2, 0.25) is 0 Å². The van der Waals surface area contributed by atoms with Crippen LogP contribution >= 0.6 is 0 Å². The molecule has 1 aliphatic rings. The molecule has 2 rings (SSSR count). The van der Waals surface area contributed by atoms with Gasteiger partial charge in [-0.15, -0.1) is 0 Å². The van der Waals surface area contributed by atoms with Gasteiger partial charge >= 0.3 is 5.97 Å². The van der Waals surface area contributed by atoms with Crippen molar-refractivity contribution in [1.29, 1.82) is 0 Å². The molecule has 0 saturated heterocycles. The highest BCUT2D eigenvalue weighted by Crippen LogP contribution is 2.33. The predicted octanol–water partition coefficient (Wildman–Crippen LogP) is 3.02. The average Bonchev–Trinajstić information content (AvgIpc) is 3.23. The van der Waals surface area contributed by atoms with Gasteiger partial charge in [0, 0.05) is 6.54 Å². The summed E-state index contributed by atoms with van der Waals surface area (Å²) in [5, 5.41) is 0. The highest BCUT2D eigenvalue weighted by Gasteiger charge is 2.32. The highest BCUT2D eigenvalue weighted by molar-refractivity contribution is 5.77. The summed E-state index contributed by atoms with van der Waals surface area (Å²) in [5.74, 6) is 0.636. The number of hydrogen-bond donors (Lipinski definition) is 0. The van der Waals surface area contributed by atoms with E-state index in [1.54, 1.807) is 0 Å². The Hall–Kier alpha value is -1.35. The van der Waals surface area contributed by atoms with Gasteiger partial charge in [-0.05, 0) is 37.8 Å². The predicted molar refractivity (Wildman–Crippen MR) is 75.8 cm³/mol. The van der Waals surface area contributed by atoms with Crippen LogP contribution in [0.2, 0.25) is 0 Å². The molecule has 0 aromatic heterocycles. The van der Waals surface area contributed by atoms with Crippen molar-refractivity contribution in [3.05, 3.63) is 35.9 Å². The molecule has 104 valence electrons. The van der Waals surface area contributed by atoms with E-state index in [9.17, 15) is 4.79 Å². The van der Waals surface area contributed by atoms with Crippen LogP contribution in [0.15, 0.2) is 30.3 Å². The Morgan fingerprint density at radius 2 is 2.00 bits per heavy atom. The number of hydrogen-bond acceptors (Lipinski definition) is 3. The minimum absolute atomic E-state index is 0.129. The van der Waals surface area contributed by atoms with Gasteiger partial charge in [0.05, 0.1) is 6.61 Å². The second kappa shape index (κ2) is 6.71. The van der Waals surface area contributed by atoms with Crippen LogP contribution in [-0.2, 0) is 9.53 Å². The van der Waals surface area contributed by atoms with Crippen LogP contribution < -0.4 is 0 Å². The minimum atomic E-state index is -0.258. The lowest BCUT2D eigenvalue weighted by Gasteiger charge is -2.29.